The number of fused-ring (bicyclic) bond motifs is 1. The summed E-state index contributed by atoms with van der Waals surface area (Å²) in [5.74, 6) is 0. The van der Waals surface area contributed by atoms with Crippen LogP contribution in [0.1, 0.15) is 5.69 Å². The summed E-state index contributed by atoms with van der Waals surface area (Å²) in [4.78, 5) is 9.43. The number of rotatable bonds is 4. The molecule has 0 unspecified atom stereocenters. The van der Waals surface area contributed by atoms with E-state index in [0.29, 0.717) is 0 Å². The molecule has 1 aliphatic rings. The Labute approximate surface area is 124 Å². The normalized spacial score (nSPS) is 17.6. The summed E-state index contributed by atoms with van der Waals surface area (Å²) in [6, 6.07) is 6.08. The largest absolute Gasteiger partial charge is 0.307 e. The van der Waals surface area contributed by atoms with Gasteiger partial charge in [-0.25, -0.2) is 4.98 Å². The molecule has 0 aromatic carbocycles. The van der Waals surface area contributed by atoms with E-state index in [-0.39, 0.29) is 0 Å². The highest BCUT2D eigenvalue weighted by Crippen LogP contribution is 2.11. The van der Waals surface area contributed by atoms with Crippen LogP contribution in [0, 0.1) is 0 Å². The zero-order chi connectivity index (χ0) is 13.9. The van der Waals surface area contributed by atoms with Crippen LogP contribution >= 0.6 is 11.6 Å². The van der Waals surface area contributed by atoms with Crippen LogP contribution in [0.2, 0.25) is 0 Å². The summed E-state index contributed by atoms with van der Waals surface area (Å²) >= 11 is 5.86. The molecule has 0 atom stereocenters. The number of aromatic nitrogens is 2. The molecule has 5 heteroatoms. The standard InChI is InChI=1S/C15H19ClN4/c1-13(16)10-18-6-8-19(9-7-18)11-14-12-20-5-3-2-4-15(20)17-14/h2-5,12H,1,6-11H2. The first kappa shape index (κ1) is 13.6. The van der Waals surface area contributed by atoms with Gasteiger partial charge in [0.05, 0.1) is 5.69 Å². The van der Waals surface area contributed by atoms with E-state index in [1.54, 1.807) is 0 Å². The van der Waals surface area contributed by atoms with Crippen molar-refractivity contribution in [3.63, 3.8) is 0 Å². The summed E-state index contributed by atoms with van der Waals surface area (Å²) < 4.78 is 2.07. The highest BCUT2D eigenvalue weighted by molar-refractivity contribution is 6.29. The van der Waals surface area contributed by atoms with Crippen molar-refractivity contribution in [1.29, 1.82) is 0 Å². The molecule has 0 amide bonds. The Morgan fingerprint density at radius 3 is 2.65 bits per heavy atom. The first-order valence-corrected chi connectivity index (χ1v) is 7.29. The molecular formula is C15H19ClN4. The summed E-state index contributed by atoms with van der Waals surface area (Å²) in [7, 11) is 0. The highest BCUT2D eigenvalue weighted by atomic mass is 35.5. The van der Waals surface area contributed by atoms with Crippen molar-refractivity contribution in [2.75, 3.05) is 32.7 Å². The summed E-state index contributed by atoms with van der Waals surface area (Å²) in [5, 5.41) is 0.721. The summed E-state index contributed by atoms with van der Waals surface area (Å²) in [6.45, 7) is 9.66. The second-order valence-corrected chi connectivity index (χ2v) is 5.80. The van der Waals surface area contributed by atoms with E-state index in [9.17, 15) is 0 Å². The number of pyridine rings is 1. The fraction of sp³-hybridized carbons (Fsp3) is 0.400. The van der Waals surface area contributed by atoms with Crippen molar-refractivity contribution in [3.8, 4) is 0 Å². The molecule has 1 fully saturated rings. The van der Waals surface area contributed by atoms with Crippen LogP contribution in [-0.4, -0.2) is 51.9 Å². The summed E-state index contributed by atoms with van der Waals surface area (Å²) in [5.41, 5.74) is 2.14. The van der Waals surface area contributed by atoms with Gasteiger partial charge in [0.1, 0.15) is 5.65 Å². The first-order valence-electron chi connectivity index (χ1n) is 6.91. The highest BCUT2D eigenvalue weighted by Gasteiger charge is 2.17. The Morgan fingerprint density at radius 1 is 1.20 bits per heavy atom. The van der Waals surface area contributed by atoms with Crippen LogP contribution in [-0.2, 0) is 6.54 Å². The number of hydrogen-bond acceptors (Lipinski definition) is 3. The molecule has 2 aromatic rings. The zero-order valence-corrected chi connectivity index (χ0v) is 12.3. The molecule has 3 rings (SSSR count). The molecule has 2 aromatic heterocycles. The Kier molecular flexibility index (Phi) is 4.05. The molecule has 0 bridgehead atoms. The van der Waals surface area contributed by atoms with Crippen LogP contribution in [0.3, 0.4) is 0 Å². The predicted molar refractivity (Wildman–Crippen MR) is 81.9 cm³/mol. The molecule has 0 N–H and O–H groups in total. The SMILES string of the molecule is C=C(Cl)CN1CCN(Cc2cn3ccccc3n2)CC1. The van der Waals surface area contributed by atoms with Gasteiger partial charge in [-0.15, -0.1) is 0 Å². The van der Waals surface area contributed by atoms with E-state index in [1.807, 2.05) is 24.4 Å². The van der Waals surface area contributed by atoms with E-state index in [1.165, 1.54) is 0 Å². The average molecular weight is 291 g/mol. The minimum absolute atomic E-state index is 0.721. The molecule has 106 valence electrons. The molecule has 3 heterocycles. The fourth-order valence-electron chi connectivity index (χ4n) is 2.64. The zero-order valence-electron chi connectivity index (χ0n) is 11.5. The molecule has 0 spiro atoms. The second kappa shape index (κ2) is 5.95. The lowest BCUT2D eigenvalue weighted by Crippen LogP contribution is -2.46. The van der Waals surface area contributed by atoms with Gasteiger partial charge in [-0.2, -0.15) is 0 Å². The second-order valence-electron chi connectivity index (χ2n) is 5.27. The lowest BCUT2D eigenvalue weighted by atomic mass is 10.3. The molecule has 20 heavy (non-hydrogen) atoms. The third kappa shape index (κ3) is 3.20. The first-order chi connectivity index (χ1) is 9.70. The Morgan fingerprint density at radius 2 is 1.95 bits per heavy atom. The van der Waals surface area contributed by atoms with E-state index < -0.39 is 0 Å². The molecule has 1 saturated heterocycles. The van der Waals surface area contributed by atoms with Gasteiger partial charge in [-0.05, 0) is 12.1 Å². The van der Waals surface area contributed by atoms with Gasteiger partial charge in [0.2, 0.25) is 0 Å². The van der Waals surface area contributed by atoms with Gasteiger partial charge in [-0.1, -0.05) is 24.2 Å². The lowest BCUT2D eigenvalue weighted by molar-refractivity contribution is 0.135. The Balaban J connectivity index is 1.58. The van der Waals surface area contributed by atoms with Crippen LogP contribution in [0.25, 0.3) is 5.65 Å². The van der Waals surface area contributed by atoms with Crippen molar-refractivity contribution < 1.29 is 0 Å². The average Bonchev–Trinajstić information content (AvgIpc) is 2.82. The minimum Gasteiger partial charge on any atom is -0.307 e. The van der Waals surface area contributed by atoms with Crippen LogP contribution in [0.4, 0.5) is 0 Å². The third-order valence-corrected chi connectivity index (χ3v) is 3.78. The van der Waals surface area contributed by atoms with Crippen molar-refractivity contribution >= 4 is 17.2 Å². The van der Waals surface area contributed by atoms with Gasteiger partial charge in [-0.3, -0.25) is 9.80 Å². The van der Waals surface area contributed by atoms with Crippen molar-refractivity contribution in [3.05, 3.63) is 47.9 Å². The van der Waals surface area contributed by atoms with Crippen LogP contribution in [0.15, 0.2) is 42.2 Å². The van der Waals surface area contributed by atoms with Gasteiger partial charge < -0.3 is 4.40 Å². The number of nitrogens with zero attached hydrogens (tertiary/aromatic N) is 4. The van der Waals surface area contributed by atoms with Crippen LogP contribution < -0.4 is 0 Å². The van der Waals surface area contributed by atoms with Crippen molar-refractivity contribution in [2.24, 2.45) is 0 Å². The number of piperazine rings is 1. The number of imidazole rings is 1. The quantitative estimate of drug-likeness (QED) is 0.863. The van der Waals surface area contributed by atoms with Crippen molar-refractivity contribution in [1.82, 2.24) is 19.2 Å². The maximum absolute atomic E-state index is 5.86. The molecular weight excluding hydrogens is 272 g/mol. The lowest BCUT2D eigenvalue weighted by Gasteiger charge is -2.34. The topological polar surface area (TPSA) is 23.8 Å². The van der Waals surface area contributed by atoms with Crippen LogP contribution in [0.5, 0.6) is 0 Å². The summed E-state index contributed by atoms with van der Waals surface area (Å²) in [6.07, 6.45) is 4.15. The van der Waals surface area contributed by atoms with Gasteiger partial charge in [0.25, 0.3) is 0 Å². The molecule has 4 nitrogen and oxygen atoms in total. The maximum Gasteiger partial charge on any atom is 0.137 e. The molecule has 0 aliphatic carbocycles. The molecule has 0 saturated carbocycles. The Hall–Kier alpha value is -1.36. The van der Waals surface area contributed by atoms with E-state index >= 15 is 0 Å². The van der Waals surface area contributed by atoms with E-state index in [4.69, 9.17) is 11.6 Å². The predicted octanol–water partition coefficient (Wildman–Crippen LogP) is 2.20. The Bertz CT molecular complexity index is 566. The van der Waals surface area contributed by atoms with E-state index in [2.05, 4.69) is 32.0 Å². The smallest absolute Gasteiger partial charge is 0.137 e. The minimum atomic E-state index is 0.721. The van der Waals surface area contributed by atoms with E-state index in [0.717, 1.165) is 55.6 Å². The number of hydrogen-bond donors (Lipinski definition) is 0. The number of halogens is 1. The fourth-order valence-corrected chi connectivity index (χ4v) is 2.81. The third-order valence-electron chi connectivity index (χ3n) is 3.66. The molecule has 0 radical (unpaired) electrons. The van der Waals surface area contributed by atoms with Gasteiger partial charge in [0, 0.05) is 56.7 Å². The van der Waals surface area contributed by atoms with Gasteiger partial charge in [0.15, 0.2) is 0 Å². The van der Waals surface area contributed by atoms with Crippen molar-refractivity contribution in [2.45, 2.75) is 6.54 Å². The molecule has 1 aliphatic heterocycles. The van der Waals surface area contributed by atoms with Gasteiger partial charge >= 0.3 is 0 Å². The monoisotopic (exact) mass is 290 g/mol. The maximum atomic E-state index is 5.86.